The van der Waals surface area contributed by atoms with Crippen LogP contribution in [-0.2, 0) is 11.0 Å². The molecular formula is C21H28BrClN2OS. The molecule has 6 heteroatoms. The Morgan fingerprint density at radius 2 is 2.00 bits per heavy atom. The second-order valence-electron chi connectivity index (χ2n) is 9.94. The second-order valence-corrected chi connectivity index (χ2v) is 13.4. The lowest BCUT2D eigenvalue weighted by Gasteiger charge is -2.46. The zero-order valence-corrected chi connectivity index (χ0v) is 19.5. The van der Waals surface area contributed by atoms with Gasteiger partial charge < -0.3 is 4.90 Å². The van der Waals surface area contributed by atoms with Gasteiger partial charge in [0.15, 0.2) is 0 Å². The van der Waals surface area contributed by atoms with Gasteiger partial charge in [-0.25, -0.2) is 8.51 Å². The maximum absolute atomic E-state index is 13.3. The summed E-state index contributed by atoms with van der Waals surface area (Å²) in [5.41, 5.74) is 2.92. The van der Waals surface area contributed by atoms with Gasteiger partial charge in [0.05, 0.1) is 10.4 Å². The molecule has 1 aromatic carbocycles. The van der Waals surface area contributed by atoms with E-state index < -0.39 is 11.0 Å². The minimum Gasteiger partial charge on any atom is -0.366 e. The normalized spacial score (nSPS) is 32.8. The molecule has 2 aliphatic carbocycles. The van der Waals surface area contributed by atoms with Crippen LogP contribution in [0.5, 0.6) is 0 Å². The Kier molecular flexibility index (Phi) is 4.34. The molecule has 1 spiro atoms. The molecule has 3 fully saturated rings. The first kappa shape index (κ1) is 18.9. The molecule has 0 radical (unpaired) electrons. The van der Waals surface area contributed by atoms with Crippen LogP contribution in [0.1, 0.15) is 64.4 Å². The van der Waals surface area contributed by atoms with Gasteiger partial charge in [-0.15, -0.1) is 0 Å². The molecule has 4 unspecified atom stereocenters. The van der Waals surface area contributed by atoms with Crippen LogP contribution in [0.2, 0.25) is 5.02 Å². The summed E-state index contributed by atoms with van der Waals surface area (Å²) in [6.07, 6.45) is 6.08. The Morgan fingerprint density at radius 3 is 2.63 bits per heavy atom. The number of halogens is 2. The van der Waals surface area contributed by atoms with E-state index >= 15 is 0 Å². The maximum atomic E-state index is 13.3. The first-order valence-corrected chi connectivity index (χ1v) is 12.4. The van der Waals surface area contributed by atoms with Crippen LogP contribution in [0, 0.1) is 5.92 Å². The zero-order chi connectivity index (χ0) is 19.1. The van der Waals surface area contributed by atoms with Crippen molar-refractivity contribution in [2.45, 2.75) is 75.1 Å². The highest BCUT2D eigenvalue weighted by Crippen LogP contribution is 2.59. The van der Waals surface area contributed by atoms with Gasteiger partial charge in [-0.2, -0.15) is 0 Å². The molecule has 148 valence electrons. The number of hydrogen-bond acceptors (Lipinski definition) is 2. The Labute approximate surface area is 178 Å². The van der Waals surface area contributed by atoms with E-state index in [1.165, 1.54) is 36.9 Å². The molecule has 0 amide bonds. The standard InChI is InChI=1S/C21H28BrClN2OS/c1-20(2,3)27(26)25-12-15(10-21(25)5-4-6-21)24-11-13-7-16(13)17-8-14(23)9-18(22)19(17)24/h8-9,13,15-16H,4-7,10-12H2,1-3H3. The molecule has 0 aromatic heterocycles. The topological polar surface area (TPSA) is 23.6 Å². The highest BCUT2D eigenvalue weighted by Gasteiger charge is 2.56. The SMILES string of the molecule is CC(C)(C)S(=O)N1CC(N2CC3CC3c3cc(Cl)cc(Br)c32)CC12CCC2. The Balaban J connectivity index is 1.50. The zero-order valence-electron chi connectivity index (χ0n) is 16.3. The van der Waals surface area contributed by atoms with Crippen molar-refractivity contribution in [1.82, 2.24) is 4.31 Å². The first-order valence-electron chi connectivity index (χ1n) is 10.1. The van der Waals surface area contributed by atoms with Gasteiger partial charge in [-0.1, -0.05) is 11.6 Å². The fraction of sp³-hybridized carbons (Fsp3) is 0.714. The van der Waals surface area contributed by atoms with Crippen LogP contribution < -0.4 is 4.90 Å². The second kappa shape index (κ2) is 6.20. The summed E-state index contributed by atoms with van der Waals surface area (Å²) in [5.74, 6) is 1.45. The van der Waals surface area contributed by atoms with Crippen molar-refractivity contribution >= 4 is 44.2 Å². The smallest absolute Gasteiger partial charge is 0.100 e. The molecule has 1 saturated heterocycles. The number of benzene rings is 1. The predicted octanol–water partition coefficient (Wildman–Crippen LogP) is 5.49. The lowest BCUT2D eigenvalue weighted by Crippen LogP contribution is -2.53. The van der Waals surface area contributed by atoms with Gasteiger partial charge >= 0.3 is 0 Å². The average molecular weight is 472 g/mol. The molecule has 5 rings (SSSR count). The predicted molar refractivity (Wildman–Crippen MR) is 117 cm³/mol. The van der Waals surface area contributed by atoms with Crippen molar-refractivity contribution in [2.24, 2.45) is 5.92 Å². The molecular weight excluding hydrogens is 444 g/mol. The Morgan fingerprint density at radius 1 is 1.26 bits per heavy atom. The number of nitrogens with zero attached hydrogens (tertiary/aromatic N) is 2. The van der Waals surface area contributed by atoms with Crippen LogP contribution in [0.25, 0.3) is 0 Å². The third-order valence-electron chi connectivity index (χ3n) is 7.07. The summed E-state index contributed by atoms with van der Waals surface area (Å²) in [6.45, 7) is 8.36. The number of rotatable bonds is 2. The van der Waals surface area contributed by atoms with Crippen molar-refractivity contribution in [3.63, 3.8) is 0 Å². The largest absolute Gasteiger partial charge is 0.366 e. The van der Waals surface area contributed by atoms with Crippen LogP contribution in [-0.4, -0.2) is 37.9 Å². The molecule has 2 saturated carbocycles. The molecule has 0 N–H and O–H groups in total. The molecule has 3 nitrogen and oxygen atoms in total. The van der Waals surface area contributed by atoms with Gasteiger partial charge in [0, 0.05) is 34.2 Å². The van der Waals surface area contributed by atoms with Crippen LogP contribution in [0.4, 0.5) is 5.69 Å². The van der Waals surface area contributed by atoms with E-state index in [0.29, 0.717) is 12.0 Å². The highest BCUT2D eigenvalue weighted by atomic mass is 79.9. The van der Waals surface area contributed by atoms with Crippen LogP contribution in [0.3, 0.4) is 0 Å². The molecule has 4 atom stereocenters. The minimum atomic E-state index is -0.947. The third-order valence-corrected chi connectivity index (χ3v) is 9.88. The third kappa shape index (κ3) is 2.94. The highest BCUT2D eigenvalue weighted by molar-refractivity contribution is 9.10. The van der Waals surface area contributed by atoms with Gasteiger partial charge in [0.1, 0.15) is 11.0 Å². The average Bonchev–Trinajstić information content (AvgIpc) is 3.21. The van der Waals surface area contributed by atoms with Crippen molar-refractivity contribution in [3.05, 3.63) is 27.2 Å². The molecule has 0 bridgehead atoms. The number of hydrogen-bond donors (Lipinski definition) is 0. The van der Waals surface area contributed by atoms with E-state index in [0.717, 1.165) is 34.9 Å². The van der Waals surface area contributed by atoms with Crippen LogP contribution >= 0.6 is 27.5 Å². The number of fused-ring (bicyclic) bond motifs is 3. The van der Waals surface area contributed by atoms with Crippen LogP contribution in [0.15, 0.2) is 16.6 Å². The fourth-order valence-electron chi connectivity index (χ4n) is 5.49. The van der Waals surface area contributed by atoms with E-state index in [-0.39, 0.29) is 10.3 Å². The Hall–Kier alpha value is -0.100. The molecule has 27 heavy (non-hydrogen) atoms. The molecule has 4 aliphatic rings. The van der Waals surface area contributed by atoms with E-state index in [1.807, 2.05) is 6.07 Å². The molecule has 1 aromatic rings. The molecule has 2 heterocycles. The monoisotopic (exact) mass is 470 g/mol. The minimum absolute atomic E-state index is 0.155. The van der Waals surface area contributed by atoms with Gasteiger partial charge in [0.2, 0.25) is 0 Å². The van der Waals surface area contributed by atoms with Gasteiger partial charge in [-0.3, -0.25) is 0 Å². The summed E-state index contributed by atoms with van der Waals surface area (Å²) in [4.78, 5) is 2.63. The summed E-state index contributed by atoms with van der Waals surface area (Å²) in [5, 5.41) is 0.825. The summed E-state index contributed by atoms with van der Waals surface area (Å²) >= 11 is 10.2. The van der Waals surface area contributed by atoms with Crippen molar-refractivity contribution in [1.29, 1.82) is 0 Å². The van der Waals surface area contributed by atoms with Gasteiger partial charge in [0.25, 0.3) is 0 Å². The first-order chi connectivity index (χ1) is 12.7. The van der Waals surface area contributed by atoms with Gasteiger partial charge in [-0.05, 0) is 98.3 Å². The lowest BCUT2D eigenvalue weighted by molar-refractivity contribution is 0.131. The summed E-state index contributed by atoms with van der Waals surface area (Å²) in [7, 11) is -0.947. The van der Waals surface area contributed by atoms with Crippen molar-refractivity contribution in [2.75, 3.05) is 18.0 Å². The summed E-state index contributed by atoms with van der Waals surface area (Å²) in [6, 6.07) is 4.65. The van der Waals surface area contributed by atoms with Crippen molar-refractivity contribution in [3.8, 4) is 0 Å². The van der Waals surface area contributed by atoms with E-state index in [2.05, 4.69) is 52.0 Å². The van der Waals surface area contributed by atoms with Crippen molar-refractivity contribution < 1.29 is 4.21 Å². The summed E-state index contributed by atoms with van der Waals surface area (Å²) < 4.78 is 16.6. The van der Waals surface area contributed by atoms with E-state index in [1.54, 1.807) is 0 Å². The maximum Gasteiger partial charge on any atom is 0.100 e. The van der Waals surface area contributed by atoms with E-state index in [9.17, 15) is 4.21 Å². The molecule has 2 aliphatic heterocycles. The quantitative estimate of drug-likeness (QED) is 0.570. The lowest BCUT2D eigenvalue weighted by atomic mass is 9.75. The fourth-order valence-corrected chi connectivity index (χ4v) is 8.13. The number of anilines is 1. The Bertz CT molecular complexity index is 819. The van der Waals surface area contributed by atoms with E-state index in [4.69, 9.17) is 11.6 Å².